The lowest BCUT2D eigenvalue weighted by Crippen LogP contribution is -2.02. The maximum Gasteiger partial charge on any atom is 0.295 e. The Morgan fingerprint density at radius 3 is 2.60 bits per heavy atom. The predicted molar refractivity (Wildman–Crippen MR) is 50.5 cm³/mol. The van der Waals surface area contributed by atoms with E-state index in [1.54, 1.807) is 0 Å². The molecule has 15 heavy (non-hydrogen) atoms. The van der Waals surface area contributed by atoms with E-state index in [-0.39, 0.29) is 17.5 Å². The molecule has 1 N–H and O–H groups in total. The molecule has 0 saturated heterocycles. The number of nitrogens with zero attached hydrogens (tertiary/aromatic N) is 3. The van der Waals surface area contributed by atoms with Crippen molar-refractivity contribution >= 4 is 22.1 Å². The maximum absolute atomic E-state index is 10.8. The SMILES string of the molecule is [N-]=[N+]=Nc1ccc(C=O)c(S(=O)(=O)O)c1. The van der Waals surface area contributed by atoms with E-state index in [0.29, 0.717) is 0 Å². The molecule has 0 aliphatic heterocycles. The molecular weight excluding hydrogens is 222 g/mol. The van der Waals surface area contributed by atoms with Crippen molar-refractivity contribution in [3.05, 3.63) is 34.2 Å². The van der Waals surface area contributed by atoms with Crippen molar-refractivity contribution in [2.24, 2.45) is 5.11 Å². The van der Waals surface area contributed by atoms with E-state index >= 15 is 0 Å². The Bertz CT molecular complexity index is 545. The molecule has 1 rings (SSSR count). The van der Waals surface area contributed by atoms with Gasteiger partial charge in [0.1, 0.15) is 4.90 Å². The normalized spacial score (nSPS) is 10.5. The lowest BCUT2D eigenvalue weighted by Gasteiger charge is -2.01. The van der Waals surface area contributed by atoms with Crippen LogP contribution in [-0.4, -0.2) is 19.3 Å². The van der Waals surface area contributed by atoms with Crippen LogP contribution in [0.4, 0.5) is 5.69 Å². The molecule has 1 aromatic carbocycles. The average Bonchev–Trinajstić information content (AvgIpc) is 2.17. The largest absolute Gasteiger partial charge is 0.298 e. The van der Waals surface area contributed by atoms with Gasteiger partial charge in [0, 0.05) is 16.2 Å². The van der Waals surface area contributed by atoms with E-state index in [1.165, 1.54) is 6.07 Å². The van der Waals surface area contributed by atoms with Gasteiger partial charge < -0.3 is 0 Å². The molecule has 0 bridgehead atoms. The number of azide groups is 1. The molecule has 0 spiro atoms. The molecule has 0 heterocycles. The van der Waals surface area contributed by atoms with Crippen LogP contribution in [0.2, 0.25) is 0 Å². The van der Waals surface area contributed by atoms with Crippen LogP contribution < -0.4 is 0 Å². The molecule has 0 aromatic heterocycles. The first-order chi connectivity index (χ1) is 6.99. The zero-order valence-corrected chi connectivity index (χ0v) is 8.05. The van der Waals surface area contributed by atoms with E-state index in [0.717, 1.165) is 12.1 Å². The Morgan fingerprint density at radius 2 is 2.13 bits per heavy atom. The van der Waals surface area contributed by atoms with Gasteiger partial charge in [0.15, 0.2) is 6.29 Å². The van der Waals surface area contributed by atoms with E-state index in [1.807, 2.05) is 0 Å². The van der Waals surface area contributed by atoms with Crippen molar-refractivity contribution < 1.29 is 17.8 Å². The number of hydrogen-bond acceptors (Lipinski definition) is 4. The van der Waals surface area contributed by atoms with Gasteiger partial charge in [-0.15, -0.1) is 0 Å². The summed E-state index contributed by atoms with van der Waals surface area (Å²) in [6.45, 7) is 0. The van der Waals surface area contributed by atoms with Gasteiger partial charge >= 0.3 is 0 Å². The topological polar surface area (TPSA) is 120 Å². The molecule has 7 nitrogen and oxygen atoms in total. The second-order valence-electron chi connectivity index (χ2n) is 2.50. The molecule has 8 heteroatoms. The van der Waals surface area contributed by atoms with Gasteiger partial charge in [0.2, 0.25) is 0 Å². The van der Waals surface area contributed by atoms with E-state index < -0.39 is 15.0 Å². The Kier molecular flexibility index (Phi) is 3.05. The van der Waals surface area contributed by atoms with E-state index in [4.69, 9.17) is 10.1 Å². The zero-order valence-electron chi connectivity index (χ0n) is 7.23. The average molecular weight is 227 g/mol. The highest BCUT2D eigenvalue weighted by Gasteiger charge is 2.15. The third-order valence-corrected chi connectivity index (χ3v) is 2.47. The molecule has 0 radical (unpaired) electrons. The van der Waals surface area contributed by atoms with Crippen LogP contribution in [0.15, 0.2) is 28.2 Å². The number of rotatable bonds is 3. The highest BCUT2D eigenvalue weighted by atomic mass is 32.2. The third-order valence-electron chi connectivity index (χ3n) is 1.56. The highest BCUT2D eigenvalue weighted by molar-refractivity contribution is 7.86. The number of hydrogen-bond donors (Lipinski definition) is 1. The Labute approximate surface area is 84.7 Å². The monoisotopic (exact) mass is 227 g/mol. The number of aldehydes is 1. The first-order valence-corrected chi connectivity index (χ1v) is 5.05. The van der Waals surface area contributed by atoms with E-state index in [2.05, 4.69) is 10.0 Å². The molecule has 0 aliphatic carbocycles. The Balaban J connectivity index is 3.52. The van der Waals surface area contributed by atoms with E-state index in [9.17, 15) is 13.2 Å². The second kappa shape index (κ2) is 4.09. The standard InChI is InChI=1S/C7H5N3O4S/c8-10-9-6-2-1-5(4-11)7(3-6)15(12,13)14/h1-4H,(H,12,13,14). The van der Waals surface area contributed by atoms with Gasteiger partial charge in [-0.25, -0.2) is 0 Å². The first kappa shape index (κ1) is 11.2. The maximum atomic E-state index is 10.8. The summed E-state index contributed by atoms with van der Waals surface area (Å²) in [4.78, 5) is 12.3. The molecule has 1 aromatic rings. The Morgan fingerprint density at radius 1 is 1.47 bits per heavy atom. The lowest BCUT2D eigenvalue weighted by atomic mass is 10.2. The van der Waals surface area contributed by atoms with Gasteiger partial charge in [0.25, 0.3) is 10.1 Å². The summed E-state index contributed by atoms with van der Waals surface area (Å²) in [5.41, 5.74) is 7.91. The number of carbonyl (C=O) groups excluding carboxylic acids is 1. The molecular formula is C7H5N3O4S. The molecule has 0 aliphatic rings. The van der Waals surface area contributed by atoms with Gasteiger partial charge in [-0.3, -0.25) is 9.35 Å². The summed E-state index contributed by atoms with van der Waals surface area (Å²) in [7, 11) is -4.50. The summed E-state index contributed by atoms with van der Waals surface area (Å²) in [6, 6.07) is 3.32. The van der Waals surface area contributed by atoms with Crippen LogP contribution in [0, 0.1) is 0 Å². The molecule has 0 fully saturated rings. The lowest BCUT2D eigenvalue weighted by molar-refractivity contribution is 0.112. The number of benzene rings is 1. The van der Waals surface area contributed by atoms with Crippen molar-refractivity contribution in [1.82, 2.24) is 0 Å². The summed E-state index contributed by atoms with van der Waals surface area (Å²) >= 11 is 0. The molecule has 0 amide bonds. The van der Waals surface area contributed by atoms with Crippen molar-refractivity contribution in [3.8, 4) is 0 Å². The van der Waals surface area contributed by atoms with Crippen molar-refractivity contribution in [3.63, 3.8) is 0 Å². The van der Waals surface area contributed by atoms with Crippen LogP contribution in [-0.2, 0) is 10.1 Å². The van der Waals surface area contributed by atoms with Gasteiger partial charge in [-0.05, 0) is 17.7 Å². The Hall–Kier alpha value is -1.89. The number of carbonyl (C=O) groups is 1. The van der Waals surface area contributed by atoms with Crippen LogP contribution in [0.25, 0.3) is 10.4 Å². The quantitative estimate of drug-likeness (QED) is 0.277. The summed E-state index contributed by atoms with van der Waals surface area (Å²) in [5.74, 6) is 0. The van der Waals surface area contributed by atoms with Crippen LogP contribution in [0.1, 0.15) is 10.4 Å². The van der Waals surface area contributed by atoms with Crippen LogP contribution >= 0.6 is 0 Å². The van der Waals surface area contributed by atoms with Crippen molar-refractivity contribution in [1.29, 1.82) is 0 Å². The summed E-state index contributed by atoms with van der Waals surface area (Å²) < 4.78 is 30.4. The van der Waals surface area contributed by atoms with Gasteiger partial charge in [-0.2, -0.15) is 8.42 Å². The predicted octanol–water partition coefficient (Wildman–Crippen LogP) is 1.69. The minimum Gasteiger partial charge on any atom is -0.298 e. The fourth-order valence-electron chi connectivity index (χ4n) is 0.958. The minimum absolute atomic E-state index is 0.00396. The molecule has 0 saturated carbocycles. The highest BCUT2D eigenvalue weighted by Crippen LogP contribution is 2.21. The van der Waals surface area contributed by atoms with Crippen LogP contribution in [0.5, 0.6) is 0 Å². The smallest absolute Gasteiger partial charge is 0.295 e. The van der Waals surface area contributed by atoms with Crippen molar-refractivity contribution in [2.75, 3.05) is 0 Å². The summed E-state index contributed by atoms with van der Waals surface area (Å²) in [6.07, 6.45) is 0.281. The second-order valence-corrected chi connectivity index (χ2v) is 3.89. The van der Waals surface area contributed by atoms with Gasteiger partial charge in [-0.1, -0.05) is 11.2 Å². The first-order valence-electron chi connectivity index (χ1n) is 3.61. The fourth-order valence-corrected chi connectivity index (χ4v) is 1.64. The minimum atomic E-state index is -4.50. The molecule has 0 atom stereocenters. The van der Waals surface area contributed by atoms with Crippen molar-refractivity contribution in [2.45, 2.75) is 4.90 Å². The third kappa shape index (κ3) is 2.53. The fraction of sp³-hybridized carbons (Fsp3) is 0. The van der Waals surface area contributed by atoms with Gasteiger partial charge in [0.05, 0.1) is 0 Å². The molecule has 0 unspecified atom stereocenters. The molecule has 78 valence electrons. The zero-order chi connectivity index (χ0) is 11.5. The van der Waals surface area contributed by atoms with Crippen LogP contribution in [0.3, 0.4) is 0 Å². The summed E-state index contributed by atoms with van der Waals surface area (Å²) in [5, 5.41) is 3.15.